The number of hydrogen-bond acceptors (Lipinski definition) is 3. The van der Waals surface area contributed by atoms with Crippen LogP contribution in [0.2, 0.25) is 0 Å². The molecule has 27 heavy (non-hydrogen) atoms. The fourth-order valence-corrected chi connectivity index (χ4v) is 4.12. The number of alkyl halides is 3. The first-order valence-electron chi connectivity index (χ1n) is 8.73. The zero-order chi connectivity index (χ0) is 19.7. The number of carbonyl (C=O) groups is 1. The van der Waals surface area contributed by atoms with Crippen molar-refractivity contribution in [1.29, 1.82) is 0 Å². The molecule has 1 fully saturated rings. The van der Waals surface area contributed by atoms with Gasteiger partial charge < -0.3 is 4.74 Å². The Kier molecular flexibility index (Phi) is 5.43. The van der Waals surface area contributed by atoms with Crippen molar-refractivity contribution in [2.75, 3.05) is 19.6 Å². The number of aromatic nitrogens is 1. The van der Waals surface area contributed by atoms with Crippen molar-refractivity contribution in [3.8, 4) is 11.4 Å². The monoisotopic (exact) mass is 400 g/mol. The summed E-state index contributed by atoms with van der Waals surface area (Å²) in [6.07, 6.45) is -0.886. The molecule has 2 heterocycles. The van der Waals surface area contributed by atoms with Crippen LogP contribution < -0.4 is 9.54 Å². The molecule has 0 atom stereocenters. The number of likely N-dealkylation sites (tertiary alicyclic amines) is 1. The van der Waals surface area contributed by atoms with Crippen LogP contribution in [0.4, 0.5) is 18.0 Å². The van der Waals surface area contributed by atoms with Crippen LogP contribution in [0.25, 0.3) is 5.69 Å². The second-order valence-corrected chi connectivity index (χ2v) is 7.76. The van der Waals surface area contributed by atoms with E-state index in [9.17, 15) is 18.0 Å². The van der Waals surface area contributed by atoms with E-state index in [2.05, 4.69) is 9.73 Å². The lowest BCUT2D eigenvalue weighted by atomic mass is 10.3. The molecule has 0 radical (unpaired) electrons. The minimum atomic E-state index is -4.73. The van der Waals surface area contributed by atoms with Crippen LogP contribution in [-0.4, -0.2) is 41.1 Å². The average Bonchev–Trinajstić information content (AvgIpc) is 3.21. The van der Waals surface area contributed by atoms with Crippen molar-refractivity contribution in [2.24, 2.45) is 4.99 Å². The number of urea groups is 1. The van der Waals surface area contributed by atoms with E-state index in [1.807, 2.05) is 20.0 Å². The maximum atomic E-state index is 12.8. The highest BCUT2D eigenvalue weighted by Crippen LogP contribution is 2.24. The molecule has 3 rings (SSSR count). The summed E-state index contributed by atoms with van der Waals surface area (Å²) in [5, 5.41) is 0. The molecule has 0 unspecified atom stereocenters. The number of amides is 2. The first-order chi connectivity index (χ1) is 12.7. The molecule has 0 bridgehead atoms. The van der Waals surface area contributed by atoms with E-state index in [1.54, 1.807) is 4.57 Å². The van der Waals surface area contributed by atoms with Gasteiger partial charge >= 0.3 is 12.4 Å². The fourth-order valence-electron chi connectivity index (χ4n) is 3.30. The Hall–Kier alpha value is -2.13. The van der Waals surface area contributed by atoms with Gasteiger partial charge in [0.05, 0.1) is 19.6 Å². The Labute approximate surface area is 158 Å². The lowest BCUT2D eigenvalue weighted by Gasteiger charge is -2.26. The standard InChI is InChI=1S/C18H21F3N3O2S/c1-3-24(10-4-5-11-24)17(25)22-16-23(12-13(2)27-16)14-6-8-15(9-7-14)26-18(19,20)21/h6-9,12H,3-5,10-11H2,1-2H3/q+1. The highest BCUT2D eigenvalue weighted by molar-refractivity contribution is 7.09. The normalized spacial score (nSPS) is 17.3. The van der Waals surface area contributed by atoms with Gasteiger partial charge in [-0.2, -0.15) is 0 Å². The summed E-state index contributed by atoms with van der Waals surface area (Å²) in [6.45, 7) is 6.19. The molecule has 0 spiro atoms. The Morgan fingerprint density at radius 2 is 1.89 bits per heavy atom. The van der Waals surface area contributed by atoms with Crippen molar-refractivity contribution < 1.29 is 27.2 Å². The molecule has 2 amide bonds. The number of nitrogens with zero attached hydrogens (tertiary/aromatic N) is 3. The van der Waals surface area contributed by atoms with E-state index >= 15 is 0 Å². The predicted octanol–water partition coefficient (Wildman–Crippen LogP) is 4.40. The lowest BCUT2D eigenvalue weighted by Crippen LogP contribution is -2.49. The van der Waals surface area contributed by atoms with E-state index in [0.29, 0.717) is 21.5 Å². The third kappa shape index (κ3) is 4.41. The summed E-state index contributed by atoms with van der Waals surface area (Å²) < 4.78 is 42.9. The molecular weight excluding hydrogens is 379 g/mol. The molecule has 1 aromatic heterocycles. The van der Waals surface area contributed by atoms with E-state index in [1.165, 1.54) is 35.6 Å². The second kappa shape index (κ2) is 7.47. The van der Waals surface area contributed by atoms with Gasteiger partial charge in [0.25, 0.3) is 0 Å². The van der Waals surface area contributed by atoms with Crippen molar-refractivity contribution in [3.05, 3.63) is 40.1 Å². The summed E-state index contributed by atoms with van der Waals surface area (Å²) in [5.41, 5.74) is 0.616. The molecule has 0 N–H and O–H groups in total. The Bertz CT molecular complexity index is 878. The highest BCUT2D eigenvalue weighted by Gasteiger charge is 2.38. The molecule has 1 aliphatic heterocycles. The van der Waals surface area contributed by atoms with Gasteiger partial charge in [-0.25, -0.2) is 9.28 Å². The number of rotatable bonds is 3. The summed E-state index contributed by atoms with van der Waals surface area (Å²) >= 11 is 1.37. The highest BCUT2D eigenvalue weighted by atomic mass is 32.1. The predicted molar refractivity (Wildman–Crippen MR) is 95.8 cm³/mol. The van der Waals surface area contributed by atoms with E-state index in [-0.39, 0.29) is 11.8 Å². The van der Waals surface area contributed by atoms with E-state index < -0.39 is 6.36 Å². The van der Waals surface area contributed by atoms with Crippen LogP contribution in [-0.2, 0) is 0 Å². The molecule has 9 heteroatoms. The molecule has 1 aliphatic rings. The van der Waals surface area contributed by atoms with Crippen molar-refractivity contribution in [3.63, 3.8) is 0 Å². The lowest BCUT2D eigenvalue weighted by molar-refractivity contribution is -0.834. The largest absolute Gasteiger partial charge is 0.573 e. The topological polar surface area (TPSA) is 43.6 Å². The number of aryl methyl sites for hydroxylation is 1. The third-order valence-electron chi connectivity index (χ3n) is 4.74. The molecular formula is C18H21F3N3O2S+. The van der Waals surface area contributed by atoms with Gasteiger partial charge in [0.2, 0.25) is 4.80 Å². The minimum Gasteiger partial charge on any atom is -0.406 e. The first kappa shape index (κ1) is 19.6. The number of thiazole rings is 1. The maximum absolute atomic E-state index is 12.8. The first-order valence-corrected chi connectivity index (χ1v) is 9.55. The van der Waals surface area contributed by atoms with Crippen molar-refractivity contribution in [2.45, 2.75) is 33.1 Å². The van der Waals surface area contributed by atoms with Crippen LogP contribution in [0.5, 0.6) is 5.75 Å². The summed E-state index contributed by atoms with van der Waals surface area (Å²) in [6, 6.07) is 5.35. The number of benzene rings is 1. The molecule has 5 nitrogen and oxygen atoms in total. The molecule has 0 saturated carbocycles. The SMILES string of the molecule is CC[N+]1(C(=O)N=c2sc(C)cn2-c2ccc(OC(F)(F)F)cc2)CCCC1. The Morgan fingerprint density at radius 3 is 2.44 bits per heavy atom. The molecule has 2 aromatic rings. The van der Waals surface area contributed by atoms with Gasteiger partial charge in [-0.15, -0.1) is 29.5 Å². The Morgan fingerprint density at radius 1 is 1.26 bits per heavy atom. The number of quaternary nitrogens is 1. The van der Waals surface area contributed by atoms with Crippen LogP contribution in [0.15, 0.2) is 35.5 Å². The van der Waals surface area contributed by atoms with Crippen LogP contribution in [0, 0.1) is 6.92 Å². The van der Waals surface area contributed by atoms with Gasteiger partial charge in [-0.1, -0.05) is 0 Å². The van der Waals surface area contributed by atoms with E-state index in [4.69, 9.17) is 0 Å². The second-order valence-electron chi connectivity index (χ2n) is 6.55. The van der Waals surface area contributed by atoms with Crippen LogP contribution in [0.1, 0.15) is 24.6 Å². The van der Waals surface area contributed by atoms with Gasteiger partial charge in [0, 0.05) is 29.6 Å². The number of halogens is 3. The summed E-state index contributed by atoms with van der Waals surface area (Å²) in [4.78, 5) is 18.7. The quantitative estimate of drug-likeness (QED) is 0.717. The minimum absolute atomic E-state index is 0.164. The summed E-state index contributed by atoms with van der Waals surface area (Å²) in [5.74, 6) is -0.291. The smallest absolute Gasteiger partial charge is 0.406 e. The van der Waals surface area contributed by atoms with E-state index in [0.717, 1.165) is 30.8 Å². The van der Waals surface area contributed by atoms with Gasteiger partial charge in [0.15, 0.2) is 0 Å². The molecule has 1 saturated heterocycles. The zero-order valence-corrected chi connectivity index (χ0v) is 15.9. The van der Waals surface area contributed by atoms with Gasteiger partial charge in [0.1, 0.15) is 5.75 Å². The number of carbonyl (C=O) groups excluding carboxylic acids is 1. The third-order valence-corrected chi connectivity index (χ3v) is 5.64. The Balaban J connectivity index is 1.93. The molecule has 146 valence electrons. The number of hydrogen-bond donors (Lipinski definition) is 0. The summed E-state index contributed by atoms with van der Waals surface area (Å²) in [7, 11) is 0. The van der Waals surface area contributed by atoms with Gasteiger partial charge in [-0.05, 0) is 38.1 Å². The van der Waals surface area contributed by atoms with Crippen molar-refractivity contribution >= 4 is 17.4 Å². The average molecular weight is 400 g/mol. The number of ether oxygens (including phenoxy) is 1. The van der Waals surface area contributed by atoms with Crippen molar-refractivity contribution in [1.82, 2.24) is 4.57 Å². The molecule has 0 aliphatic carbocycles. The fraction of sp³-hybridized carbons (Fsp3) is 0.444. The van der Waals surface area contributed by atoms with Crippen LogP contribution in [0.3, 0.4) is 0 Å². The molecule has 1 aromatic carbocycles. The van der Waals surface area contributed by atoms with Crippen LogP contribution >= 0.6 is 11.3 Å². The zero-order valence-electron chi connectivity index (χ0n) is 15.1. The van der Waals surface area contributed by atoms with Gasteiger partial charge in [-0.3, -0.25) is 4.57 Å². The maximum Gasteiger partial charge on any atom is 0.573 e.